The first-order valence-electron chi connectivity index (χ1n) is 7.28. The Labute approximate surface area is 135 Å². The monoisotopic (exact) mass is 323 g/mol. The van der Waals surface area contributed by atoms with Gasteiger partial charge in [0.2, 0.25) is 0 Å². The van der Waals surface area contributed by atoms with Crippen molar-refractivity contribution >= 4 is 29.0 Å². The first-order valence-corrected chi connectivity index (χ1v) is 8.04. The van der Waals surface area contributed by atoms with Gasteiger partial charge in [0.15, 0.2) is 0 Å². The summed E-state index contributed by atoms with van der Waals surface area (Å²) in [5.41, 5.74) is 8.10. The fourth-order valence-electron chi connectivity index (χ4n) is 2.55. The minimum absolute atomic E-state index is 0.528. The Kier molecular flexibility index (Phi) is 3.89. The first-order chi connectivity index (χ1) is 9.97. The van der Waals surface area contributed by atoms with Crippen LogP contribution in [0.3, 0.4) is 0 Å². The molecule has 112 valence electrons. The SMILES string of the molecule is CC(C)Cn1c(C2CC2)nc(-c2ccc(Cl)c(Cl)c2)c1N. The van der Waals surface area contributed by atoms with Crippen LogP contribution in [0.15, 0.2) is 18.2 Å². The molecule has 0 unspecified atom stereocenters. The van der Waals surface area contributed by atoms with E-state index >= 15 is 0 Å². The van der Waals surface area contributed by atoms with E-state index in [-0.39, 0.29) is 0 Å². The van der Waals surface area contributed by atoms with Gasteiger partial charge in [0.1, 0.15) is 17.3 Å². The van der Waals surface area contributed by atoms with Crippen LogP contribution >= 0.6 is 23.2 Å². The Morgan fingerprint density at radius 3 is 2.57 bits per heavy atom. The standard InChI is InChI=1S/C16H19Cl2N3/c1-9(2)8-21-15(19)14(20-16(21)10-3-4-10)11-5-6-12(17)13(18)7-11/h5-7,9-10H,3-4,8,19H2,1-2H3. The zero-order valence-electron chi connectivity index (χ0n) is 12.2. The van der Waals surface area contributed by atoms with Crippen molar-refractivity contribution in [3.05, 3.63) is 34.1 Å². The number of nitrogens with zero attached hydrogens (tertiary/aromatic N) is 2. The van der Waals surface area contributed by atoms with E-state index < -0.39 is 0 Å². The molecule has 5 heteroatoms. The molecule has 0 radical (unpaired) electrons. The molecule has 1 aliphatic rings. The van der Waals surface area contributed by atoms with Crippen molar-refractivity contribution < 1.29 is 0 Å². The Bertz CT molecular complexity index is 672. The number of imidazole rings is 1. The second-order valence-corrected chi connectivity index (χ2v) is 6.93. The maximum absolute atomic E-state index is 6.36. The van der Waals surface area contributed by atoms with E-state index in [2.05, 4.69) is 18.4 Å². The molecular weight excluding hydrogens is 305 g/mol. The summed E-state index contributed by atoms with van der Waals surface area (Å²) in [5.74, 6) is 2.93. The fraction of sp³-hybridized carbons (Fsp3) is 0.438. The molecule has 2 aromatic rings. The number of halogens is 2. The largest absolute Gasteiger partial charge is 0.383 e. The van der Waals surface area contributed by atoms with E-state index in [1.807, 2.05) is 12.1 Å². The number of nitrogen functional groups attached to an aromatic ring is 1. The smallest absolute Gasteiger partial charge is 0.131 e. The number of hydrogen-bond donors (Lipinski definition) is 1. The van der Waals surface area contributed by atoms with Crippen LogP contribution in [-0.4, -0.2) is 9.55 Å². The van der Waals surface area contributed by atoms with Gasteiger partial charge < -0.3 is 10.3 Å². The third-order valence-corrected chi connectivity index (χ3v) is 4.46. The lowest BCUT2D eigenvalue weighted by Gasteiger charge is -2.12. The van der Waals surface area contributed by atoms with Crippen molar-refractivity contribution in [3.63, 3.8) is 0 Å². The van der Waals surface area contributed by atoms with E-state index in [4.69, 9.17) is 33.9 Å². The van der Waals surface area contributed by atoms with Crippen LogP contribution in [0.5, 0.6) is 0 Å². The molecule has 1 fully saturated rings. The lowest BCUT2D eigenvalue weighted by Crippen LogP contribution is -2.10. The summed E-state index contributed by atoms with van der Waals surface area (Å²) in [7, 11) is 0. The molecule has 1 aliphatic carbocycles. The highest BCUT2D eigenvalue weighted by Gasteiger charge is 2.31. The van der Waals surface area contributed by atoms with Gasteiger partial charge in [-0.25, -0.2) is 4.98 Å². The van der Waals surface area contributed by atoms with Gasteiger partial charge in [-0.05, 0) is 30.9 Å². The summed E-state index contributed by atoms with van der Waals surface area (Å²) in [5, 5.41) is 1.07. The fourth-order valence-corrected chi connectivity index (χ4v) is 2.85. The Morgan fingerprint density at radius 2 is 2.00 bits per heavy atom. The third-order valence-electron chi connectivity index (χ3n) is 3.72. The summed E-state index contributed by atoms with van der Waals surface area (Å²) in [6.07, 6.45) is 2.41. The summed E-state index contributed by atoms with van der Waals surface area (Å²) in [4.78, 5) is 4.80. The van der Waals surface area contributed by atoms with Gasteiger partial charge in [0, 0.05) is 18.0 Å². The van der Waals surface area contributed by atoms with Crippen molar-refractivity contribution in [2.24, 2.45) is 5.92 Å². The number of nitrogens with two attached hydrogens (primary N) is 1. The number of anilines is 1. The minimum Gasteiger partial charge on any atom is -0.383 e. The maximum atomic E-state index is 6.36. The number of hydrogen-bond acceptors (Lipinski definition) is 2. The lowest BCUT2D eigenvalue weighted by atomic mass is 10.1. The zero-order valence-corrected chi connectivity index (χ0v) is 13.7. The summed E-state index contributed by atoms with van der Waals surface area (Å²) >= 11 is 12.1. The van der Waals surface area contributed by atoms with Crippen LogP contribution in [-0.2, 0) is 6.54 Å². The van der Waals surface area contributed by atoms with Crippen molar-refractivity contribution in [2.75, 3.05) is 5.73 Å². The quantitative estimate of drug-likeness (QED) is 0.862. The molecule has 0 saturated heterocycles. The summed E-state index contributed by atoms with van der Waals surface area (Å²) < 4.78 is 2.17. The van der Waals surface area contributed by atoms with Crippen molar-refractivity contribution in [2.45, 2.75) is 39.2 Å². The molecule has 0 atom stereocenters. The van der Waals surface area contributed by atoms with Crippen molar-refractivity contribution in [1.82, 2.24) is 9.55 Å². The molecule has 2 N–H and O–H groups in total. The van der Waals surface area contributed by atoms with Gasteiger partial charge in [-0.3, -0.25) is 0 Å². The summed E-state index contributed by atoms with van der Waals surface area (Å²) in [6.45, 7) is 5.27. The zero-order chi connectivity index (χ0) is 15.1. The van der Waals surface area contributed by atoms with Gasteiger partial charge in [-0.2, -0.15) is 0 Å². The van der Waals surface area contributed by atoms with Crippen molar-refractivity contribution in [3.8, 4) is 11.3 Å². The molecule has 1 heterocycles. The van der Waals surface area contributed by atoms with Gasteiger partial charge in [-0.1, -0.05) is 43.1 Å². The second kappa shape index (κ2) is 5.54. The predicted molar refractivity (Wildman–Crippen MR) is 88.9 cm³/mol. The van der Waals surface area contributed by atoms with E-state index in [1.165, 1.54) is 12.8 Å². The average Bonchev–Trinajstić information content (AvgIpc) is 3.21. The molecular formula is C16H19Cl2N3. The number of rotatable bonds is 4. The topological polar surface area (TPSA) is 43.8 Å². The van der Waals surface area contributed by atoms with Crippen LogP contribution in [0.1, 0.15) is 38.4 Å². The van der Waals surface area contributed by atoms with Gasteiger partial charge in [0.05, 0.1) is 10.0 Å². The number of benzene rings is 1. The number of aromatic nitrogens is 2. The Balaban J connectivity index is 2.07. The maximum Gasteiger partial charge on any atom is 0.131 e. The van der Waals surface area contributed by atoms with Crippen LogP contribution in [0.4, 0.5) is 5.82 Å². The van der Waals surface area contributed by atoms with Crippen molar-refractivity contribution in [1.29, 1.82) is 0 Å². The van der Waals surface area contributed by atoms with Crippen LogP contribution < -0.4 is 5.73 Å². The Hall–Kier alpha value is -1.19. The van der Waals surface area contributed by atoms with Gasteiger partial charge in [0.25, 0.3) is 0 Å². The predicted octanol–water partition coefficient (Wildman–Crippen LogP) is 4.97. The molecule has 3 rings (SSSR count). The van der Waals surface area contributed by atoms with Crippen LogP contribution in [0, 0.1) is 5.92 Å². The molecule has 3 nitrogen and oxygen atoms in total. The van der Waals surface area contributed by atoms with E-state index in [0.29, 0.717) is 21.9 Å². The molecule has 0 aliphatic heterocycles. The molecule has 0 bridgehead atoms. The van der Waals surface area contributed by atoms with E-state index in [9.17, 15) is 0 Å². The highest BCUT2D eigenvalue weighted by Crippen LogP contribution is 2.43. The molecule has 21 heavy (non-hydrogen) atoms. The van der Waals surface area contributed by atoms with Crippen LogP contribution in [0.2, 0.25) is 10.0 Å². The van der Waals surface area contributed by atoms with Gasteiger partial charge in [-0.15, -0.1) is 0 Å². The summed E-state index contributed by atoms with van der Waals surface area (Å²) in [6, 6.07) is 5.54. The normalized spacial score (nSPS) is 14.9. The molecule has 0 amide bonds. The minimum atomic E-state index is 0.528. The third kappa shape index (κ3) is 2.90. The lowest BCUT2D eigenvalue weighted by molar-refractivity contribution is 0.512. The van der Waals surface area contributed by atoms with E-state index in [0.717, 1.165) is 29.4 Å². The molecule has 1 saturated carbocycles. The average molecular weight is 324 g/mol. The molecule has 1 aromatic heterocycles. The van der Waals surface area contributed by atoms with Gasteiger partial charge >= 0.3 is 0 Å². The molecule has 0 spiro atoms. The highest BCUT2D eigenvalue weighted by atomic mass is 35.5. The second-order valence-electron chi connectivity index (χ2n) is 6.11. The molecule has 1 aromatic carbocycles. The highest BCUT2D eigenvalue weighted by molar-refractivity contribution is 6.42. The van der Waals surface area contributed by atoms with Crippen LogP contribution in [0.25, 0.3) is 11.3 Å². The Morgan fingerprint density at radius 1 is 1.29 bits per heavy atom. The first kappa shape index (κ1) is 14.7. The van der Waals surface area contributed by atoms with E-state index in [1.54, 1.807) is 6.07 Å².